The summed E-state index contributed by atoms with van der Waals surface area (Å²) >= 11 is 6.12. The Hall–Kier alpha value is -0.750. The molecule has 3 unspecified atom stereocenters. The molecule has 1 aliphatic rings. The van der Waals surface area contributed by atoms with Crippen molar-refractivity contribution in [1.82, 2.24) is 9.78 Å². The monoisotopic (exact) mass is 324 g/mol. The molecule has 1 fully saturated rings. The van der Waals surface area contributed by atoms with E-state index in [-0.39, 0.29) is 25.2 Å². The van der Waals surface area contributed by atoms with Crippen LogP contribution in [0.5, 0.6) is 0 Å². The molecule has 1 saturated carbocycles. The van der Waals surface area contributed by atoms with Gasteiger partial charge in [-0.15, -0.1) is 0 Å². The van der Waals surface area contributed by atoms with Crippen molar-refractivity contribution in [3.63, 3.8) is 0 Å². The van der Waals surface area contributed by atoms with Gasteiger partial charge in [-0.3, -0.25) is 4.68 Å². The third kappa shape index (κ3) is 3.72. The van der Waals surface area contributed by atoms with Gasteiger partial charge in [-0.2, -0.15) is 18.3 Å². The third-order valence-corrected chi connectivity index (χ3v) is 4.88. The zero-order valence-corrected chi connectivity index (χ0v) is 12.9. The number of rotatable bonds is 3. The van der Waals surface area contributed by atoms with Crippen LogP contribution < -0.4 is 0 Å². The average Bonchev–Trinajstić information content (AvgIpc) is 2.64. The fourth-order valence-electron chi connectivity index (χ4n) is 3.14. The maximum atomic E-state index is 12.8. The molecule has 120 valence electrons. The normalized spacial score (nSPS) is 25.1. The van der Waals surface area contributed by atoms with Crippen molar-refractivity contribution < 1.29 is 18.3 Å². The molecule has 1 heterocycles. The van der Waals surface area contributed by atoms with Gasteiger partial charge in [-0.05, 0) is 32.1 Å². The summed E-state index contributed by atoms with van der Waals surface area (Å²) in [7, 11) is 1.72. The zero-order chi connectivity index (χ0) is 15.8. The molecule has 1 N–H and O–H groups in total. The van der Waals surface area contributed by atoms with Gasteiger partial charge in [0.1, 0.15) is 0 Å². The van der Waals surface area contributed by atoms with Crippen molar-refractivity contribution in [2.45, 2.75) is 51.3 Å². The van der Waals surface area contributed by atoms with Crippen LogP contribution in [-0.4, -0.2) is 27.2 Å². The van der Waals surface area contributed by atoms with Gasteiger partial charge in [0.05, 0.1) is 28.4 Å². The van der Waals surface area contributed by atoms with Crippen LogP contribution in [0.25, 0.3) is 0 Å². The molecule has 3 nitrogen and oxygen atoms in total. The standard InChI is InChI=1S/C14H20ClF3N2O/c1-8-13(15)11(20(2)19-8)7-12(21)9-4-3-5-10(6-9)14(16,17)18/h9-10,12,21H,3-7H2,1-2H3. The maximum Gasteiger partial charge on any atom is 0.391 e. The molecule has 0 aromatic carbocycles. The summed E-state index contributed by atoms with van der Waals surface area (Å²) in [5.74, 6) is -1.63. The van der Waals surface area contributed by atoms with Crippen LogP contribution in [0.15, 0.2) is 0 Å². The number of aliphatic hydroxyl groups is 1. The molecule has 0 aliphatic heterocycles. The molecule has 0 spiro atoms. The quantitative estimate of drug-likeness (QED) is 0.921. The first kappa shape index (κ1) is 16.6. The smallest absolute Gasteiger partial charge is 0.391 e. The molecular weight excluding hydrogens is 305 g/mol. The fourth-order valence-corrected chi connectivity index (χ4v) is 3.38. The Labute approximate surface area is 127 Å². The van der Waals surface area contributed by atoms with Crippen LogP contribution in [0.1, 0.15) is 37.1 Å². The lowest BCUT2D eigenvalue weighted by Crippen LogP contribution is -2.34. The molecule has 1 aromatic rings. The first-order valence-corrected chi connectivity index (χ1v) is 7.50. The van der Waals surface area contributed by atoms with E-state index in [9.17, 15) is 18.3 Å². The van der Waals surface area contributed by atoms with E-state index in [0.29, 0.717) is 29.3 Å². The Balaban J connectivity index is 2.04. The van der Waals surface area contributed by atoms with Crippen LogP contribution in [0.4, 0.5) is 13.2 Å². The highest BCUT2D eigenvalue weighted by Crippen LogP contribution is 2.41. The van der Waals surface area contributed by atoms with Crippen LogP contribution >= 0.6 is 11.6 Å². The van der Waals surface area contributed by atoms with Gasteiger partial charge in [0.2, 0.25) is 0 Å². The zero-order valence-electron chi connectivity index (χ0n) is 12.1. The van der Waals surface area contributed by atoms with Crippen LogP contribution in [-0.2, 0) is 13.5 Å². The van der Waals surface area contributed by atoms with Crippen molar-refractivity contribution in [3.05, 3.63) is 16.4 Å². The summed E-state index contributed by atoms with van der Waals surface area (Å²) in [5.41, 5.74) is 1.34. The van der Waals surface area contributed by atoms with Crippen molar-refractivity contribution in [2.24, 2.45) is 18.9 Å². The predicted octanol–water partition coefficient (Wildman–Crippen LogP) is 3.65. The van der Waals surface area contributed by atoms with Gasteiger partial charge in [0.15, 0.2) is 0 Å². The Morgan fingerprint density at radius 2 is 2.10 bits per heavy atom. The minimum absolute atomic E-state index is 0.000874. The lowest BCUT2D eigenvalue weighted by molar-refractivity contribution is -0.188. The van der Waals surface area contributed by atoms with E-state index in [2.05, 4.69) is 5.10 Å². The lowest BCUT2D eigenvalue weighted by atomic mass is 9.77. The van der Waals surface area contributed by atoms with Gasteiger partial charge in [-0.25, -0.2) is 0 Å². The predicted molar refractivity (Wildman–Crippen MR) is 74.2 cm³/mol. The highest BCUT2D eigenvalue weighted by atomic mass is 35.5. The van der Waals surface area contributed by atoms with E-state index < -0.39 is 18.2 Å². The van der Waals surface area contributed by atoms with E-state index in [1.165, 1.54) is 0 Å². The number of alkyl halides is 3. The largest absolute Gasteiger partial charge is 0.392 e. The Bertz CT molecular complexity index is 501. The van der Waals surface area contributed by atoms with E-state index in [1.807, 2.05) is 0 Å². The maximum absolute atomic E-state index is 12.8. The second kappa shape index (κ2) is 6.16. The van der Waals surface area contributed by atoms with Crippen LogP contribution in [0.3, 0.4) is 0 Å². The van der Waals surface area contributed by atoms with Gasteiger partial charge >= 0.3 is 6.18 Å². The van der Waals surface area contributed by atoms with Gasteiger partial charge in [-0.1, -0.05) is 18.0 Å². The Morgan fingerprint density at radius 3 is 2.62 bits per heavy atom. The van der Waals surface area contributed by atoms with E-state index in [1.54, 1.807) is 18.7 Å². The minimum atomic E-state index is -4.17. The third-order valence-electron chi connectivity index (χ3n) is 4.39. The van der Waals surface area contributed by atoms with Gasteiger partial charge in [0, 0.05) is 13.5 Å². The second-order valence-electron chi connectivity index (χ2n) is 5.91. The number of halogens is 4. The minimum Gasteiger partial charge on any atom is -0.392 e. The van der Waals surface area contributed by atoms with Crippen molar-refractivity contribution in [1.29, 1.82) is 0 Å². The van der Waals surface area contributed by atoms with Crippen LogP contribution in [0, 0.1) is 18.8 Å². The molecule has 1 aliphatic carbocycles. The number of aromatic nitrogens is 2. The molecule has 0 radical (unpaired) electrons. The number of hydrogen-bond donors (Lipinski definition) is 1. The van der Waals surface area contributed by atoms with Crippen molar-refractivity contribution in [2.75, 3.05) is 0 Å². The highest BCUT2D eigenvalue weighted by molar-refractivity contribution is 6.31. The van der Waals surface area contributed by atoms with Crippen LogP contribution in [0.2, 0.25) is 5.02 Å². The Morgan fingerprint density at radius 1 is 1.43 bits per heavy atom. The summed E-state index contributed by atoms with van der Waals surface area (Å²) in [5, 5.41) is 14.9. The summed E-state index contributed by atoms with van der Waals surface area (Å²) in [6.45, 7) is 1.76. The van der Waals surface area contributed by atoms with Crippen molar-refractivity contribution in [3.8, 4) is 0 Å². The topological polar surface area (TPSA) is 38.0 Å². The molecule has 2 rings (SSSR count). The fraction of sp³-hybridized carbons (Fsp3) is 0.786. The lowest BCUT2D eigenvalue weighted by Gasteiger charge is -2.33. The summed E-state index contributed by atoms with van der Waals surface area (Å²) in [4.78, 5) is 0. The molecule has 0 amide bonds. The van der Waals surface area contributed by atoms with E-state index in [4.69, 9.17) is 11.6 Å². The Kier molecular flexibility index (Phi) is 4.88. The average molecular weight is 325 g/mol. The first-order chi connectivity index (χ1) is 9.70. The second-order valence-corrected chi connectivity index (χ2v) is 6.28. The van der Waals surface area contributed by atoms with Gasteiger partial charge in [0.25, 0.3) is 0 Å². The SMILES string of the molecule is Cc1nn(C)c(CC(O)C2CCCC(C(F)(F)F)C2)c1Cl. The number of aryl methyl sites for hydroxylation is 2. The number of hydrogen-bond acceptors (Lipinski definition) is 2. The highest BCUT2D eigenvalue weighted by Gasteiger charge is 2.43. The van der Waals surface area contributed by atoms with E-state index >= 15 is 0 Å². The first-order valence-electron chi connectivity index (χ1n) is 7.13. The molecule has 0 saturated heterocycles. The number of aliphatic hydroxyl groups excluding tert-OH is 1. The molecular formula is C14H20ClF3N2O. The molecule has 3 atom stereocenters. The van der Waals surface area contributed by atoms with Crippen molar-refractivity contribution >= 4 is 11.6 Å². The summed E-state index contributed by atoms with van der Waals surface area (Å²) < 4.78 is 40.0. The van der Waals surface area contributed by atoms with Gasteiger partial charge < -0.3 is 5.11 Å². The molecule has 21 heavy (non-hydrogen) atoms. The van der Waals surface area contributed by atoms with E-state index in [0.717, 1.165) is 0 Å². The molecule has 0 bridgehead atoms. The number of nitrogens with zero attached hydrogens (tertiary/aromatic N) is 2. The summed E-state index contributed by atoms with van der Waals surface area (Å²) in [6.07, 6.45) is -3.45. The summed E-state index contributed by atoms with van der Waals surface area (Å²) in [6, 6.07) is 0. The molecule has 1 aromatic heterocycles. The molecule has 7 heteroatoms.